The second kappa shape index (κ2) is 6.52. The normalized spacial score (nSPS) is 12.8. The van der Waals surface area contributed by atoms with Crippen LogP contribution in [0.1, 0.15) is 31.9 Å². The predicted molar refractivity (Wildman–Crippen MR) is 98.7 cm³/mol. The van der Waals surface area contributed by atoms with Crippen LogP contribution in [0.5, 0.6) is 0 Å². The van der Waals surface area contributed by atoms with Crippen molar-refractivity contribution in [2.24, 2.45) is 0 Å². The first-order valence-corrected chi connectivity index (χ1v) is 14.1. The molecule has 1 aromatic carbocycles. The van der Waals surface area contributed by atoms with Crippen LogP contribution in [0.25, 0.3) is 0 Å². The Kier molecular flexibility index (Phi) is 5.65. The highest BCUT2D eigenvalue weighted by atomic mass is 28.4. The van der Waals surface area contributed by atoms with E-state index in [9.17, 15) is 0 Å². The zero-order chi connectivity index (χ0) is 16.3. The maximum absolute atomic E-state index is 6.24. The molecule has 0 fully saturated rings. The lowest BCUT2D eigenvalue weighted by molar-refractivity contribution is 0.276. The minimum absolute atomic E-state index is 0.260. The topological polar surface area (TPSA) is 9.23 Å². The molecule has 0 aliphatic carbocycles. The summed E-state index contributed by atoms with van der Waals surface area (Å²) in [6, 6.07) is 8.50. The fourth-order valence-corrected chi connectivity index (χ4v) is 2.90. The molecule has 0 saturated heterocycles. The molecule has 0 heterocycles. The number of hydrogen-bond donors (Lipinski definition) is 0. The lowest BCUT2D eigenvalue weighted by atomic mass is 10.1. The van der Waals surface area contributed by atoms with Gasteiger partial charge in [0.15, 0.2) is 8.32 Å². The summed E-state index contributed by atoms with van der Waals surface area (Å²) in [5.41, 5.74) is 5.74. The third-order valence-corrected chi connectivity index (χ3v) is 9.30. The van der Waals surface area contributed by atoms with Gasteiger partial charge in [-0.3, -0.25) is 0 Å². The van der Waals surface area contributed by atoms with Gasteiger partial charge in [0.1, 0.15) is 8.07 Å². The molecule has 21 heavy (non-hydrogen) atoms. The van der Waals surface area contributed by atoms with E-state index in [4.69, 9.17) is 4.43 Å². The maximum Gasteiger partial charge on any atom is 0.192 e. The van der Waals surface area contributed by atoms with E-state index in [2.05, 4.69) is 89.2 Å². The average molecular weight is 319 g/mol. The summed E-state index contributed by atoms with van der Waals surface area (Å²) in [4.78, 5) is 0. The van der Waals surface area contributed by atoms with E-state index in [0.717, 1.165) is 5.56 Å². The van der Waals surface area contributed by atoms with Crippen LogP contribution < -0.4 is 0 Å². The van der Waals surface area contributed by atoms with Gasteiger partial charge in [-0.1, -0.05) is 58.5 Å². The summed E-state index contributed by atoms with van der Waals surface area (Å²) in [6.45, 7) is 18.9. The molecular weight excluding hydrogens is 288 g/mol. The fraction of sp³-hybridized carbons (Fsp3) is 0.556. The Balaban J connectivity index is 2.70. The van der Waals surface area contributed by atoms with E-state index in [1.54, 1.807) is 0 Å². The van der Waals surface area contributed by atoms with E-state index in [-0.39, 0.29) is 5.04 Å². The lowest BCUT2D eigenvalue weighted by Crippen LogP contribution is -2.40. The van der Waals surface area contributed by atoms with Gasteiger partial charge in [0.05, 0.1) is 6.61 Å². The van der Waals surface area contributed by atoms with Gasteiger partial charge in [-0.2, -0.15) is 0 Å². The summed E-state index contributed by atoms with van der Waals surface area (Å²) < 4.78 is 6.24. The summed E-state index contributed by atoms with van der Waals surface area (Å²) in [7, 11) is -2.96. The van der Waals surface area contributed by atoms with E-state index >= 15 is 0 Å². The largest absolute Gasteiger partial charge is 0.413 e. The van der Waals surface area contributed by atoms with Crippen LogP contribution in [0, 0.1) is 11.5 Å². The van der Waals surface area contributed by atoms with Gasteiger partial charge in [0, 0.05) is 5.56 Å². The molecule has 116 valence electrons. The predicted octanol–water partition coefficient (Wildman–Crippen LogP) is 5.44. The molecule has 0 radical (unpaired) electrons. The van der Waals surface area contributed by atoms with Crippen LogP contribution in [0.3, 0.4) is 0 Å². The molecule has 0 aliphatic rings. The van der Waals surface area contributed by atoms with Gasteiger partial charge in [0.25, 0.3) is 0 Å². The van der Waals surface area contributed by atoms with Crippen molar-refractivity contribution in [3.8, 4) is 11.5 Å². The second-order valence-corrected chi connectivity index (χ2v) is 17.8. The maximum atomic E-state index is 6.24. The molecule has 0 saturated carbocycles. The van der Waals surface area contributed by atoms with Gasteiger partial charge in [0.2, 0.25) is 0 Å². The molecule has 0 unspecified atom stereocenters. The van der Waals surface area contributed by atoms with Gasteiger partial charge < -0.3 is 4.43 Å². The molecule has 0 amide bonds. The van der Waals surface area contributed by atoms with Crippen molar-refractivity contribution >= 4 is 16.4 Å². The smallest absolute Gasteiger partial charge is 0.192 e. The minimum Gasteiger partial charge on any atom is -0.413 e. The third kappa shape index (κ3) is 6.21. The van der Waals surface area contributed by atoms with Crippen LogP contribution >= 0.6 is 0 Å². The molecular formula is C18H30OSi2. The van der Waals surface area contributed by atoms with E-state index < -0.39 is 16.4 Å². The molecule has 1 aromatic rings. The minimum atomic E-state index is -1.66. The number of benzene rings is 1. The van der Waals surface area contributed by atoms with Crippen LogP contribution in [0.15, 0.2) is 24.3 Å². The standard InChI is InChI=1S/C18H30OSi2/c1-18(2,3)21(7,8)19-15-17-11-9-16(10-12-17)13-14-20(4,5)6/h9-12H,15H2,1-8H3. The zero-order valence-corrected chi connectivity index (χ0v) is 16.9. The van der Waals surface area contributed by atoms with E-state index in [0.29, 0.717) is 6.61 Å². The Hall–Kier alpha value is -0.826. The second-order valence-electron chi connectivity index (χ2n) is 8.25. The Morgan fingerprint density at radius 3 is 1.90 bits per heavy atom. The Bertz CT molecular complexity index is 520. The van der Waals surface area contributed by atoms with Crippen molar-refractivity contribution in [2.45, 2.75) is 65.2 Å². The van der Waals surface area contributed by atoms with E-state index in [1.165, 1.54) is 5.56 Å². The van der Waals surface area contributed by atoms with Crippen LogP contribution in [0.2, 0.25) is 37.8 Å². The first-order chi connectivity index (χ1) is 9.41. The molecule has 0 bridgehead atoms. The molecule has 0 spiro atoms. The van der Waals surface area contributed by atoms with Gasteiger partial charge in [-0.15, -0.1) is 5.54 Å². The zero-order valence-electron chi connectivity index (χ0n) is 14.9. The Labute approximate surface area is 133 Å². The van der Waals surface area contributed by atoms with Gasteiger partial charge in [-0.25, -0.2) is 0 Å². The summed E-state index contributed by atoms with van der Waals surface area (Å²) in [6.07, 6.45) is 0. The first kappa shape index (κ1) is 18.2. The summed E-state index contributed by atoms with van der Waals surface area (Å²) in [5, 5.41) is 0.260. The highest BCUT2D eigenvalue weighted by molar-refractivity contribution is 6.83. The van der Waals surface area contributed by atoms with Crippen molar-refractivity contribution in [1.82, 2.24) is 0 Å². The number of hydrogen-bond acceptors (Lipinski definition) is 1. The Morgan fingerprint density at radius 1 is 0.952 bits per heavy atom. The van der Waals surface area contributed by atoms with Gasteiger partial charge >= 0.3 is 0 Å². The highest BCUT2D eigenvalue weighted by Crippen LogP contribution is 2.37. The molecule has 0 aliphatic heterocycles. The molecule has 1 nitrogen and oxygen atoms in total. The van der Waals surface area contributed by atoms with Crippen molar-refractivity contribution in [2.75, 3.05) is 0 Å². The van der Waals surface area contributed by atoms with Crippen LogP contribution in [0.4, 0.5) is 0 Å². The van der Waals surface area contributed by atoms with Crippen LogP contribution in [-0.2, 0) is 11.0 Å². The Morgan fingerprint density at radius 2 is 1.48 bits per heavy atom. The summed E-state index contributed by atoms with van der Waals surface area (Å²) >= 11 is 0. The number of rotatable bonds is 3. The first-order valence-electron chi connectivity index (χ1n) is 7.67. The molecule has 3 heteroatoms. The molecule has 0 atom stereocenters. The third-order valence-electron chi connectivity index (χ3n) is 3.94. The average Bonchev–Trinajstić information content (AvgIpc) is 2.33. The van der Waals surface area contributed by atoms with Crippen molar-refractivity contribution in [3.63, 3.8) is 0 Å². The van der Waals surface area contributed by atoms with Crippen molar-refractivity contribution < 1.29 is 4.43 Å². The van der Waals surface area contributed by atoms with Crippen molar-refractivity contribution in [3.05, 3.63) is 35.4 Å². The van der Waals surface area contributed by atoms with E-state index in [1.807, 2.05) is 0 Å². The van der Waals surface area contributed by atoms with Crippen LogP contribution in [-0.4, -0.2) is 16.4 Å². The molecule has 1 rings (SSSR count). The quantitative estimate of drug-likeness (QED) is 0.533. The highest BCUT2D eigenvalue weighted by Gasteiger charge is 2.36. The molecule has 0 N–H and O–H groups in total. The van der Waals surface area contributed by atoms with Crippen molar-refractivity contribution in [1.29, 1.82) is 0 Å². The SMILES string of the molecule is CC(C)(C)[Si](C)(C)OCc1ccc(C#C[Si](C)(C)C)cc1. The fourth-order valence-electron chi connectivity index (χ4n) is 1.42. The monoisotopic (exact) mass is 318 g/mol. The van der Waals surface area contributed by atoms with Gasteiger partial charge in [-0.05, 0) is 35.8 Å². The summed E-state index contributed by atoms with van der Waals surface area (Å²) in [5.74, 6) is 3.29. The lowest BCUT2D eigenvalue weighted by Gasteiger charge is -2.36. The molecule has 0 aromatic heterocycles.